The van der Waals surface area contributed by atoms with Crippen LogP contribution in [0.25, 0.3) is 16.6 Å². The number of hydrogen-bond acceptors (Lipinski definition) is 3. The van der Waals surface area contributed by atoms with Crippen molar-refractivity contribution in [2.75, 3.05) is 6.54 Å². The maximum absolute atomic E-state index is 13.6. The number of fused-ring (bicyclic) bond motifs is 1. The van der Waals surface area contributed by atoms with Gasteiger partial charge in [-0.3, -0.25) is 9.36 Å². The van der Waals surface area contributed by atoms with Gasteiger partial charge < -0.3 is 10.2 Å². The molecule has 0 bridgehead atoms. The monoisotopic (exact) mass is 498 g/mol. The topological polar surface area (TPSA) is 67.2 Å². The van der Waals surface area contributed by atoms with Gasteiger partial charge in [0.15, 0.2) is 0 Å². The fourth-order valence-electron chi connectivity index (χ4n) is 3.61. The van der Waals surface area contributed by atoms with Gasteiger partial charge in [0.05, 0.1) is 22.6 Å². The molecule has 0 fully saturated rings. The van der Waals surface area contributed by atoms with E-state index < -0.39 is 6.04 Å². The van der Waals surface area contributed by atoms with E-state index in [1.54, 1.807) is 15.5 Å². The Morgan fingerprint density at radius 3 is 2.31 bits per heavy atom. The number of amides is 2. The second-order valence-electron chi connectivity index (χ2n) is 9.51. The van der Waals surface area contributed by atoms with Crippen molar-refractivity contribution < 1.29 is 4.79 Å². The minimum absolute atomic E-state index is 0.152. The average molecular weight is 499 g/mol. The Morgan fingerprint density at radius 2 is 1.72 bits per heavy atom. The average Bonchev–Trinajstić information content (AvgIpc) is 2.71. The Hall–Kier alpha value is -2.67. The van der Waals surface area contributed by atoms with E-state index in [0.29, 0.717) is 29.0 Å². The van der Waals surface area contributed by atoms with Crippen LogP contribution in [0, 0.1) is 5.92 Å². The fourth-order valence-corrected chi connectivity index (χ4v) is 3.88. The molecular formula is C25H31BrN4O2. The molecule has 1 atom stereocenters. The Balaban J connectivity index is 2.22. The zero-order valence-corrected chi connectivity index (χ0v) is 21.1. The van der Waals surface area contributed by atoms with Crippen molar-refractivity contribution in [3.05, 3.63) is 69.2 Å². The summed E-state index contributed by atoms with van der Waals surface area (Å²) < 4.78 is 2.54. The Morgan fingerprint density at radius 1 is 1.09 bits per heavy atom. The van der Waals surface area contributed by atoms with Crippen LogP contribution in [0.2, 0.25) is 0 Å². The molecule has 170 valence electrons. The molecule has 3 aromatic rings. The summed E-state index contributed by atoms with van der Waals surface area (Å²) in [5, 5.41) is 3.60. The van der Waals surface area contributed by atoms with Gasteiger partial charge in [-0.2, -0.15) is 0 Å². The van der Waals surface area contributed by atoms with Crippen molar-refractivity contribution in [2.24, 2.45) is 5.92 Å². The summed E-state index contributed by atoms with van der Waals surface area (Å²) in [6.07, 6.45) is 0. The van der Waals surface area contributed by atoms with E-state index in [1.165, 1.54) is 0 Å². The third-order valence-corrected chi connectivity index (χ3v) is 5.56. The standard InChI is InChI=1S/C25H31BrN4O2/c1-16(2)15-29(24(32)28-25(4,5)6)17(3)22-27-21-10-8-7-9-20(21)23(31)30(22)19-13-11-18(26)12-14-19/h7-14,16-17H,15H2,1-6H3,(H,28,32). The van der Waals surface area contributed by atoms with Gasteiger partial charge in [-0.1, -0.05) is 41.9 Å². The van der Waals surface area contributed by atoms with Crippen LogP contribution in [0.4, 0.5) is 4.79 Å². The van der Waals surface area contributed by atoms with Crippen LogP contribution in [0.15, 0.2) is 57.8 Å². The molecule has 0 spiro atoms. The molecule has 0 saturated carbocycles. The molecule has 1 heterocycles. The summed E-state index contributed by atoms with van der Waals surface area (Å²) in [4.78, 5) is 33.5. The lowest BCUT2D eigenvalue weighted by atomic mass is 10.1. The molecule has 3 rings (SSSR count). The third kappa shape index (κ3) is 5.38. The van der Waals surface area contributed by atoms with Crippen LogP contribution >= 0.6 is 15.9 Å². The minimum atomic E-state index is -0.430. The summed E-state index contributed by atoms with van der Waals surface area (Å²) >= 11 is 3.46. The number of urea groups is 1. The highest BCUT2D eigenvalue weighted by Gasteiger charge is 2.29. The summed E-state index contributed by atoms with van der Waals surface area (Å²) in [5.74, 6) is 0.775. The zero-order chi connectivity index (χ0) is 23.6. The van der Waals surface area contributed by atoms with E-state index in [0.717, 1.165) is 4.47 Å². The number of para-hydroxylation sites is 1. The van der Waals surface area contributed by atoms with Gasteiger partial charge >= 0.3 is 6.03 Å². The van der Waals surface area contributed by atoms with Gasteiger partial charge in [-0.05, 0) is 70.0 Å². The van der Waals surface area contributed by atoms with Crippen molar-refractivity contribution in [3.8, 4) is 5.69 Å². The van der Waals surface area contributed by atoms with Crippen LogP contribution in [-0.4, -0.2) is 32.6 Å². The molecule has 1 N–H and O–H groups in total. The van der Waals surface area contributed by atoms with Crippen molar-refractivity contribution >= 4 is 32.9 Å². The van der Waals surface area contributed by atoms with Gasteiger partial charge in [-0.15, -0.1) is 0 Å². The predicted octanol–water partition coefficient (Wildman–Crippen LogP) is 5.68. The number of halogens is 1. The van der Waals surface area contributed by atoms with Crippen molar-refractivity contribution in [3.63, 3.8) is 0 Å². The van der Waals surface area contributed by atoms with Gasteiger partial charge in [0, 0.05) is 16.6 Å². The maximum Gasteiger partial charge on any atom is 0.318 e. The van der Waals surface area contributed by atoms with Crippen LogP contribution in [0.1, 0.15) is 53.4 Å². The van der Waals surface area contributed by atoms with E-state index in [2.05, 4.69) is 35.1 Å². The minimum Gasteiger partial charge on any atom is -0.333 e. The first kappa shape index (κ1) is 24.0. The maximum atomic E-state index is 13.6. The molecule has 2 aromatic carbocycles. The second kappa shape index (κ2) is 9.45. The molecule has 6 nitrogen and oxygen atoms in total. The first-order chi connectivity index (χ1) is 15.0. The molecule has 1 aromatic heterocycles. The Bertz CT molecular complexity index is 1160. The number of rotatable bonds is 5. The molecule has 0 aliphatic heterocycles. The first-order valence-electron chi connectivity index (χ1n) is 10.8. The Labute approximate surface area is 197 Å². The van der Waals surface area contributed by atoms with Crippen molar-refractivity contribution in [2.45, 2.75) is 53.1 Å². The summed E-state index contributed by atoms with van der Waals surface area (Å²) in [6.45, 7) is 12.5. The molecule has 32 heavy (non-hydrogen) atoms. The first-order valence-corrected chi connectivity index (χ1v) is 11.6. The lowest BCUT2D eigenvalue weighted by Gasteiger charge is -2.34. The molecule has 2 amide bonds. The van der Waals surface area contributed by atoms with Gasteiger partial charge in [-0.25, -0.2) is 9.78 Å². The summed E-state index contributed by atoms with van der Waals surface area (Å²) in [7, 11) is 0. The number of hydrogen-bond donors (Lipinski definition) is 1. The number of nitrogens with one attached hydrogen (secondary N) is 1. The third-order valence-electron chi connectivity index (χ3n) is 5.03. The molecule has 0 radical (unpaired) electrons. The van der Waals surface area contributed by atoms with Crippen LogP contribution in [0.3, 0.4) is 0 Å². The summed E-state index contributed by atoms with van der Waals surface area (Å²) in [5.41, 5.74) is 0.793. The smallest absolute Gasteiger partial charge is 0.318 e. The lowest BCUT2D eigenvalue weighted by Crippen LogP contribution is -2.50. The van der Waals surface area contributed by atoms with E-state index >= 15 is 0 Å². The Kier molecular flexibility index (Phi) is 7.08. The predicted molar refractivity (Wildman–Crippen MR) is 133 cm³/mol. The zero-order valence-electron chi connectivity index (χ0n) is 19.5. The fraction of sp³-hybridized carbons (Fsp3) is 0.400. The van der Waals surface area contributed by atoms with Crippen LogP contribution in [-0.2, 0) is 0 Å². The number of nitrogens with zero attached hydrogens (tertiary/aromatic N) is 3. The van der Waals surface area contributed by atoms with E-state index in [4.69, 9.17) is 4.98 Å². The van der Waals surface area contributed by atoms with E-state index in [1.807, 2.05) is 70.2 Å². The number of carbonyl (C=O) groups is 1. The molecule has 0 aliphatic carbocycles. The normalized spacial score (nSPS) is 12.8. The van der Waals surface area contributed by atoms with Crippen molar-refractivity contribution in [1.82, 2.24) is 19.8 Å². The second-order valence-corrected chi connectivity index (χ2v) is 10.4. The molecular weight excluding hydrogens is 468 g/mol. The van der Waals surface area contributed by atoms with Gasteiger partial charge in [0.25, 0.3) is 5.56 Å². The van der Waals surface area contributed by atoms with Gasteiger partial charge in [0.1, 0.15) is 5.82 Å². The number of benzene rings is 2. The quantitative estimate of drug-likeness (QED) is 0.492. The molecule has 7 heteroatoms. The van der Waals surface area contributed by atoms with Gasteiger partial charge in [0.2, 0.25) is 0 Å². The van der Waals surface area contributed by atoms with Crippen molar-refractivity contribution in [1.29, 1.82) is 0 Å². The number of carbonyl (C=O) groups excluding carboxylic acids is 1. The molecule has 0 aliphatic rings. The highest BCUT2D eigenvalue weighted by molar-refractivity contribution is 9.10. The highest BCUT2D eigenvalue weighted by Crippen LogP contribution is 2.25. The number of aromatic nitrogens is 2. The van der Waals surface area contributed by atoms with Crippen LogP contribution in [0.5, 0.6) is 0 Å². The highest BCUT2D eigenvalue weighted by atomic mass is 79.9. The molecule has 0 saturated heterocycles. The lowest BCUT2D eigenvalue weighted by molar-refractivity contribution is 0.158. The summed E-state index contributed by atoms with van der Waals surface area (Å²) in [6, 6.07) is 14.2. The van der Waals surface area contributed by atoms with E-state index in [9.17, 15) is 9.59 Å². The SMILES string of the molecule is CC(C)CN(C(=O)NC(C)(C)C)C(C)c1nc2ccccc2c(=O)n1-c1ccc(Br)cc1. The van der Waals surface area contributed by atoms with E-state index in [-0.39, 0.29) is 23.0 Å². The molecule has 1 unspecified atom stereocenters. The van der Waals surface area contributed by atoms with Crippen LogP contribution < -0.4 is 10.9 Å². The largest absolute Gasteiger partial charge is 0.333 e.